The molecule has 0 bridgehead atoms. The van der Waals surface area contributed by atoms with Gasteiger partial charge in [-0.1, -0.05) is 34.2 Å². The van der Waals surface area contributed by atoms with Crippen LogP contribution >= 0.6 is 34.2 Å². The molecular weight excluding hydrogens is 316 g/mol. The molecule has 0 spiro atoms. The average molecular weight is 326 g/mol. The van der Waals surface area contributed by atoms with Crippen LogP contribution in [0.4, 0.5) is 5.69 Å². The zero-order chi connectivity index (χ0) is 10.6. The van der Waals surface area contributed by atoms with E-state index in [2.05, 4.69) is 5.32 Å². The molecule has 0 aromatic heterocycles. The number of carbonyl (C=O) groups excluding carboxylic acids is 1. The molecule has 0 unspecified atom stereocenters. The van der Waals surface area contributed by atoms with Gasteiger partial charge in [0.05, 0.1) is 16.6 Å². The van der Waals surface area contributed by atoms with Crippen molar-refractivity contribution in [2.45, 2.75) is 0 Å². The first-order chi connectivity index (χ1) is 6.67. The number of amides is 1. The van der Waals surface area contributed by atoms with Crippen molar-refractivity contribution in [3.8, 4) is 5.75 Å². The van der Waals surface area contributed by atoms with Crippen LogP contribution in [-0.4, -0.2) is 17.4 Å². The van der Waals surface area contributed by atoms with E-state index in [0.29, 0.717) is 20.9 Å². The molecule has 0 saturated heterocycles. The molecule has 1 aromatic rings. The number of benzene rings is 1. The van der Waals surface area contributed by atoms with Gasteiger partial charge in [-0.15, -0.1) is 0 Å². The fourth-order valence-electron chi connectivity index (χ4n) is 0.939. The normalized spacial score (nSPS) is 9.64. The summed E-state index contributed by atoms with van der Waals surface area (Å²) in [4.78, 5) is 11.1. The third-order valence-electron chi connectivity index (χ3n) is 1.56. The molecule has 1 rings (SSSR count). The Morgan fingerprint density at radius 1 is 1.64 bits per heavy atom. The van der Waals surface area contributed by atoms with E-state index in [4.69, 9.17) is 16.3 Å². The molecule has 1 amide bonds. The van der Waals surface area contributed by atoms with Crippen molar-refractivity contribution in [1.82, 2.24) is 0 Å². The summed E-state index contributed by atoms with van der Waals surface area (Å²) < 4.78 is 5.40. The van der Waals surface area contributed by atoms with Crippen LogP contribution in [0, 0.1) is 0 Å². The number of methoxy groups -OCH3 is 1. The van der Waals surface area contributed by atoms with Crippen molar-refractivity contribution >= 4 is 45.8 Å². The van der Waals surface area contributed by atoms with Crippen LogP contribution in [0.25, 0.3) is 0 Å². The van der Waals surface area contributed by atoms with Gasteiger partial charge in [0.25, 0.3) is 0 Å². The number of nitrogens with one attached hydrogen (secondary N) is 1. The predicted molar refractivity (Wildman–Crippen MR) is 65.5 cm³/mol. The quantitative estimate of drug-likeness (QED) is 0.685. The fraction of sp³-hybridized carbons (Fsp3) is 0.222. The fourth-order valence-corrected chi connectivity index (χ4v) is 1.39. The van der Waals surface area contributed by atoms with Crippen LogP contribution in [0.15, 0.2) is 18.2 Å². The first-order valence-corrected chi connectivity index (χ1v) is 5.77. The Bertz CT molecular complexity index is 344. The smallest absolute Gasteiger partial charge is 0.234 e. The van der Waals surface area contributed by atoms with E-state index >= 15 is 0 Å². The molecule has 0 aliphatic rings. The average Bonchev–Trinajstić information content (AvgIpc) is 2.18. The molecule has 76 valence electrons. The van der Waals surface area contributed by atoms with Crippen LogP contribution in [0.3, 0.4) is 0 Å². The number of anilines is 1. The first-order valence-electron chi connectivity index (χ1n) is 3.86. The predicted octanol–water partition coefficient (Wildman–Crippen LogP) is 2.72. The number of rotatable bonds is 3. The second-order valence-corrected chi connectivity index (χ2v) is 3.70. The van der Waals surface area contributed by atoms with Gasteiger partial charge in [0.1, 0.15) is 5.75 Å². The molecule has 1 N–H and O–H groups in total. The molecule has 0 saturated carbocycles. The third-order valence-corrected chi connectivity index (χ3v) is 2.55. The van der Waals surface area contributed by atoms with Crippen molar-refractivity contribution in [3.05, 3.63) is 23.2 Å². The summed E-state index contributed by atoms with van der Waals surface area (Å²) >= 11 is 7.87. The van der Waals surface area contributed by atoms with Crippen molar-refractivity contribution in [3.63, 3.8) is 0 Å². The van der Waals surface area contributed by atoms with Crippen molar-refractivity contribution in [1.29, 1.82) is 0 Å². The number of carbonyl (C=O) groups is 1. The molecule has 3 nitrogen and oxygen atoms in total. The molecule has 14 heavy (non-hydrogen) atoms. The topological polar surface area (TPSA) is 38.3 Å². The van der Waals surface area contributed by atoms with E-state index in [-0.39, 0.29) is 5.91 Å². The molecule has 0 heterocycles. The number of hydrogen-bond donors (Lipinski definition) is 1. The third kappa shape index (κ3) is 3.02. The molecule has 0 aliphatic carbocycles. The van der Waals surface area contributed by atoms with Gasteiger partial charge in [0.15, 0.2) is 0 Å². The number of hydrogen-bond acceptors (Lipinski definition) is 2. The summed E-state index contributed by atoms with van der Waals surface area (Å²) in [5.41, 5.74) is 0.678. The monoisotopic (exact) mass is 325 g/mol. The maximum atomic E-state index is 11.1. The van der Waals surface area contributed by atoms with E-state index in [0.717, 1.165) is 0 Å². The summed E-state index contributed by atoms with van der Waals surface area (Å²) in [7, 11) is 1.55. The largest absolute Gasteiger partial charge is 0.495 e. The molecule has 0 fully saturated rings. The second-order valence-electron chi connectivity index (χ2n) is 2.53. The highest BCUT2D eigenvalue weighted by molar-refractivity contribution is 14.1. The van der Waals surface area contributed by atoms with Gasteiger partial charge in [-0.25, -0.2) is 0 Å². The Balaban J connectivity index is 2.81. The Morgan fingerprint density at radius 2 is 2.36 bits per heavy atom. The van der Waals surface area contributed by atoms with Crippen LogP contribution in [0.2, 0.25) is 5.02 Å². The first kappa shape index (κ1) is 11.6. The summed E-state index contributed by atoms with van der Waals surface area (Å²) in [6.45, 7) is 0. The summed E-state index contributed by atoms with van der Waals surface area (Å²) in [6, 6.07) is 5.12. The van der Waals surface area contributed by atoms with Crippen LogP contribution in [-0.2, 0) is 4.79 Å². The maximum absolute atomic E-state index is 11.1. The van der Waals surface area contributed by atoms with Gasteiger partial charge < -0.3 is 10.1 Å². The Kier molecular flexibility index (Phi) is 4.47. The van der Waals surface area contributed by atoms with E-state index in [1.807, 2.05) is 22.6 Å². The van der Waals surface area contributed by atoms with Gasteiger partial charge >= 0.3 is 0 Å². The van der Waals surface area contributed by atoms with Gasteiger partial charge in [-0.2, -0.15) is 0 Å². The summed E-state index contributed by atoms with van der Waals surface area (Å²) in [5, 5.41) is 3.18. The van der Waals surface area contributed by atoms with Crippen molar-refractivity contribution in [2.75, 3.05) is 16.9 Å². The van der Waals surface area contributed by atoms with Gasteiger partial charge in [-0.3, -0.25) is 4.79 Å². The van der Waals surface area contributed by atoms with Crippen LogP contribution in [0.1, 0.15) is 0 Å². The van der Waals surface area contributed by atoms with E-state index in [1.165, 1.54) is 0 Å². The Hall–Kier alpha value is -0.490. The molecular formula is C9H9ClINO2. The molecule has 0 atom stereocenters. The lowest BCUT2D eigenvalue weighted by Crippen LogP contribution is -2.12. The van der Waals surface area contributed by atoms with E-state index < -0.39 is 0 Å². The maximum Gasteiger partial charge on any atom is 0.234 e. The number of halogens is 2. The minimum Gasteiger partial charge on any atom is -0.495 e. The zero-order valence-electron chi connectivity index (χ0n) is 7.51. The standard InChI is InChI=1S/C9H9ClINO2/c1-14-8-3-2-6(4-7(8)10)12-9(13)5-11/h2-4H,5H2,1H3,(H,12,13). The van der Waals surface area contributed by atoms with Crippen molar-refractivity contribution in [2.24, 2.45) is 0 Å². The minimum absolute atomic E-state index is 0.0492. The van der Waals surface area contributed by atoms with Gasteiger partial charge in [-0.05, 0) is 18.2 Å². The summed E-state index contributed by atoms with van der Waals surface area (Å²) in [6.07, 6.45) is 0. The SMILES string of the molecule is COc1ccc(NC(=O)CI)cc1Cl. The molecule has 0 aliphatic heterocycles. The number of alkyl halides is 1. The molecule has 0 radical (unpaired) electrons. The van der Waals surface area contributed by atoms with E-state index in [9.17, 15) is 4.79 Å². The molecule has 1 aromatic carbocycles. The van der Waals surface area contributed by atoms with E-state index in [1.54, 1.807) is 25.3 Å². The van der Waals surface area contributed by atoms with Crippen molar-refractivity contribution < 1.29 is 9.53 Å². The lowest BCUT2D eigenvalue weighted by atomic mass is 10.3. The highest BCUT2D eigenvalue weighted by atomic mass is 127. The highest BCUT2D eigenvalue weighted by Crippen LogP contribution is 2.27. The Morgan fingerprint density at radius 3 is 2.86 bits per heavy atom. The zero-order valence-corrected chi connectivity index (χ0v) is 10.4. The second kappa shape index (κ2) is 5.41. The number of ether oxygens (including phenoxy) is 1. The minimum atomic E-state index is -0.0492. The molecule has 5 heteroatoms. The van der Waals surface area contributed by atoms with Gasteiger partial charge in [0.2, 0.25) is 5.91 Å². The van der Waals surface area contributed by atoms with Crippen LogP contribution < -0.4 is 10.1 Å². The Labute approximate surface area is 101 Å². The summed E-state index contributed by atoms with van der Waals surface area (Å²) in [5.74, 6) is 0.547. The van der Waals surface area contributed by atoms with Gasteiger partial charge in [0, 0.05) is 5.69 Å². The lowest BCUT2D eigenvalue weighted by Gasteiger charge is -2.06. The van der Waals surface area contributed by atoms with Crippen LogP contribution in [0.5, 0.6) is 5.75 Å². The lowest BCUT2D eigenvalue weighted by molar-refractivity contribution is -0.113. The highest BCUT2D eigenvalue weighted by Gasteiger charge is 2.03.